The van der Waals surface area contributed by atoms with Crippen LogP contribution in [0.3, 0.4) is 0 Å². The minimum absolute atomic E-state index is 0.291. The second-order valence-electron chi connectivity index (χ2n) is 3.15. The maximum Gasteiger partial charge on any atom is 0.318 e. The molecule has 80 valence electrons. The molecular weight excluding hydrogens is 324 g/mol. The predicted octanol–water partition coefficient (Wildman–Crippen LogP) is 0.700. The first-order chi connectivity index (χ1) is 6.16. The summed E-state index contributed by atoms with van der Waals surface area (Å²) in [5.41, 5.74) is 0. The van der Waals surface area contributed by atoms with Crippen LogP contribution in [-0.4, -0.2) is 35.4 Å². The first-order valence-electron chi connectivity index (χ1n) is 3.63. The van der Waals surface area contributed by atoms with Crippen molar-refractivity contribution in [2.24, 2.45) is 5.92 Å². The van der Waals surface area contributed by atoms with Gasteiger partial charge in [-0.05, 0) is 22.0 Å². The quantitative estimate of drug-likeness (QED) is 0.530. The standard InChI is InChI=1S/C7H8Br2O5/c8-6(13)1-3(10)4(5(11)12)7(9,14)2-6/h1,4,10,13-14H,2H2,(H,11,12). The molecular formula is C7H8Br2O5. The van der Waals surface area contributed by atoms with E-state index in [-0.39, 0.29) is 6.42 Å². The summed E-state index contributed by atoms with van der Waals surface area (Å²) in [6, 6.07) is 0. The van der Waals surface area contributed by atoms with Gasteiger partial charge in [0.25, 0.3) is 0 Å². The maximum absolute atomic E-state index is 10.7. The Morgan fingerprint density at radius 2 is 2.00 bits per heavy atom. The highest BCUT2D eigenvalue weighted by molar-refractivity contribution is 9.10. The van der Waals surface area contributed by atoms with Crippen LogP contribution in [0.4, 0.5) is 0 Å². The van der Waals surface area contributed by atoms with Gasteiger partial charge in [-0.1, -0.05) is 15.9 Å². The van der Waals surface area contributed by atoms with Crippen LogP contribution in [0.5, 0.6) is 0 Å². The Bertz CT molecular complexity index is 296. The molecule has 5 nitrogen and oxygen atoms in total. The summed E-state index contributed by atoms with van der Waals surface area (Å²) in [6.07, 6.45) is 0.655. The van der Waals surface area contributed by atoms with Crippen LogP contribution in [-0.2, 0) is 4.79 Å². The maximum atomic E-state index is 10.7. The third-order valence-electron chi connectivity index (χ3n) is 1.85. The lowest BCUT2D eigenvalue weighted by Crippen LogP contribution is -2.47. The van der Waals surface area contributed by atoms with Crippen molar-refractivity contribution < 1.29 is 25.2 Å². The van der Waals surface area contributed by atoms with Gasteiger partial charge in [0.1, 0.15) is 14.8 Å². The first-order valence-corrected chi connectivity index (χ1v) is 5.21. The van der Waals surface area contributed by atoms with E-state index >= 15 is 0 Å². The molecule has 0 radical (unpaired) electrons. The monoisotopic (exact) mass is 330 g/mol. The summed E-state index contributed by atoms with van der Waals surface area (Å²) in [7, 11) is 0. The van der Waals surface area contributed by atoms with Crippen LogP contribution < -0.4 is 0 Å². The van der Waals surface area contributed by atoms with E-state index in [0.717, 1.165) is 6.08 Å². The van der Waals surface area contributed by atoms with Crippen molar-refractivity contribution in [1.29, 1.82) is 0 Å². The van der Waals surface area contributed by atoms with Crippen molar-refractivity contribution >= 4 is 37.8 Å². The SMILES string of the molecule is O=C(O)C1C(O)=CC(O)(Br)CC1(O)Br. The van der Waals surface area contributed by atoms with Gasteiger partial charge in [0.2, 0.25) is 0 Å². The second kappa shape index (κ2) is 3.48. The van der Waals surface area contributed by atoms with Gasteiger partial charge in [-0.3, -0.25) is 4.79 Å². The average Bonchev–Trinajstić information content (AvgIpc) is 1.75. The minimum Gasteiger partial charge on any atom is -0.511 e. The molecule has 0 aromatic heterocycles. The smallest absolute Gasteiger partial charge is 0.318 e. The lowest BCUT2D eigenvalue weighted by molar-refractivity contribution is -0.147. The fourth-order valence-corrected chi connectivity index (χ4v) is 3.25. The number of alkyl halides is 2. The van der Waals surface area contributed by atoms with Crippen molar-refractivity contribution in [3.8, 4) is 0 Å². The first kappa shape index (κ1) is 12.0. The van der Waals surface area contributed by atoms with E-state index in [9.17, 15) is 20.1 Å². The van der Waals surface area contributed by atoms with Crippen molar-refractivity contribution in [1.82, 2.24) is 0 Å². The Balaban J connectivity index is 3.14. The van der Waals surface area contributed by atoms with E-state index in [1.165, 1.54) is 0 Å². The van der Waals surface area contributed by atoms with Crippen molar-refractivity contribution in [3.63, 3.8) is 0 Å². The molecule has 0 bridgehead atoms. The molecule has 0 saturated heterocycles. The summed E-state index contributed by atoms with van der Waals surface area (Å²) in [5, 5.41) is 37.2. The molecule has 0 saturated carbocycles. The zero-order valence-electron chi connectivity index (χ0n) is 6.81. The van der Waals surface area contributed by atoms with Gasteiger partial charge in [-0.25, -0.2) is 0 Å². The number of carboxylic acid groups (broad SMARTS) is 1. The molecule has 0 aromatic carbocycles. The number of hydrogen-bond acceptors (Lipinski definition) is 4. The zero-order valence-corrected chi connectivity index (χ0v) is 9.99. The molecule has 0 aliphatic heterocycles. The Labute approximate surface area is 96.3 Å². The zero-order chi connectivity index (χ0) is 11.1. The van der Waals surface area contributed by atoms with Crippen LogP contribution in [0.2, 0.25) is 0 Å². The van der Waals surface area contributed by atoms with E-state index in [1.54, 1.807) is 0 Å². The van der Waals surface area contributed by atoms with Crippen molar-refractivity contribution in [2.75, 3.05) is 0 Å². The molecule has 4 N–H and O–H groups in total. The summed E-state index contributed by atoms with van der Waals surface area (Å²) in [4.78, 5) is 10.7. The van der Waals surface area contributed by atoms with Gasteiger partial charge in [-0.2, -0.15) is 0 Å². The Morgan fingerprint density at radius 3 is 2.36 bits per heavy atom. The molecule has 0 fully saturated rings. The minimum atomic E-state index is -1.88. The molecule has 0 aromatic rings. The summed E-state index contributed by atoms with van der Waals surface area (Å²) in [5.74, 6) is -3.45. The van der Waals surface area contributed by atoms with Crippen LogP contribution in [0.25, 0.3) is 0 Å². The third-order valence-corrected chi connectivity index (χ3v) is 3.10. The van der Waals surface area contributed by atoms with E-state index in [4.69, 9.17) is 5.11 Å². The molecule has 0 heterocycles. The molecule has 0 amide bonds. The van der Waals surface area contributed by atoms with E-state index in [2.05, 4.69) is 31.9 Å². The molecule has 14 heavy (non-hydrogen) atoms. The van der Waals surface area contributed by atoms with Crippen molar-refractivity contribution in [2.45, 2.75) is 15.4 Å². The summed E-state index contributed by atoms with van der Waals surface area (Å²) >= 11 is 5.58. The fraction of sp³-hybridized carbons (Fsp3) is 0.571. The Hall–Kier alpha value is -0.110. The van der Waals surface area contributed by atoms with E-state index in [1.807, 2.05) is 0 Å². The molecule has 1 aliphatic rings. The Morgan fingerprint density at radius 1 is 1.50 bits per heavy atom. The molecule has 1 rings (SSSR count). The molecule has 7 heteroatoms. The summed E-state index contributed by atoms with van der Waals surface area (Å²) < 4.78 is -3.49. The third kappa shape index (κ3) is 2.28. The largest absolute Gasteiger partial charge is 0.511 e. The van der Waals surface area contributed by atoms with Crippen LogP contribution >= 0.6 is 31.9 Å². The van der Waals surface area contributed by atoms with Crippen molar-refractivity contribution in [3.05, 3.63) is 11.8 Å². The number of rotatable bonds is 1. The normalized spacial score (nSPS) is 43.1. The van der Waals surface area contributed by atoms with Crippen LogP contribution in [0.1, 0.15) is 6.42 Å². The van der Waals surface area contributed by atoms with Gasteiger partial charge in [-0.15, -0.1) is 0 Å². The van der Waals surface area contributed by atoms with Gasteiger partial charge < -0.3 is 20.4 Å². The van der Waals surface area contributed by atoms with Gasteiger partial charge in [0, 0.05) is 6.42 Å². The highest BCUT2D eigenvalue weighted by Gasteiger charge is 2.51. The average molecular weight is 332 g/mol. The number of carbonyl (C=O) groups is 1. The molecule has 3 atom stereocenters. The van der Waals surface area contributed by atoms with Gasteiger partial charge in [0.15, 0.2) is 5.92 Å². The fourth-order valence-electron chi connectivity index (χ4n) is 1.35. The molecule has 1 aliphatic carbocycles. The number of carboxylic acids is 1. The predicted molar refractivity (Wildman–Crippen MR) is 54.2 cm³/mol. The lowest BCUT2D eigenvalue weighted by Gasteiger charge is -2.36. The second-order valence-corrected chi connectivity index (χ2v) is 5.90. The van der Waals surface area contributed by atoms with E-state index < -0.39 is 26.7 Å². The molecule has 0 spiro atoms. The Kier molecular flexibility index (Phi) is 2.97. The number of aliphatic hydroxyl groups is 3. The van der Waals surface area contributed by atoms with E-state index in [0.29, 0.717) is 0 Å². The van der Waals surface area contributed by atoms with Crippen LogP contribution in [0.15, 0.2) is 11.8 Å². The van der Waals surface area contributed by atoms with Gasteiger partial charge >= 0.3 is 5.97 Å². The highest BCUT2D eigenvalue weighted by atomic mass is 79.9. The number of aliphatic hydroxyl groups excluding tert-OH is 1. The topological polar surface area (TPSA) is 98.0 Å². The molecule has 3 unspecified atom stereocenters. The number of aliphatic carboxylic acids is 1. The number of hydrogen-bond donors (Lipinski definition) is 4. The lowest BCUT2D eigenvalue weighted by atomic mass is 9.89. The summed E-state index contributed by atoms with van der Waals surface area (Å²) in [6.45, 7) is 0. The van der Waals surface area contributed by atoms with Crippen LogP contribution in [0, 0.1) is 5.92 Å². The van der Waals surface area contributed by atoms with Gasteiger partial charge in [0.05, 0.1) is 0 Å². The highest BCUT2D eigenvalue weighted by Crippen LogP contribution is 2.44. The number of halogens is 2.